The van der Waals surface area contributed by atoms with E-state index in [-0.39, 0.29) is 18.4 Å². The summed E-state index contributed by atoms with van der Waals surface area (Å²) in [5.74, 6) is -1.07. The van der Waals surface area contributed by atoms with Crippen LogP contribution < -0.4 is 0 Å². The summed E-state index contributed by atoms with van der Waals surface area (Å²) in [6.45, 7) is 2.36. The number of hydrogen-bond acceptors (Lipinski definition) is 4. The Morgan fingerprint density at radius 1 is 1.36 bits per heavy atom. The second-order valence-electron chi connectivity index (χ2n) is 6.24. The van der Waals surface area contributed by atoms with Gasteiger partial charge in [-0.2, -0.15) is 0 Å². The van der Waals surface area contributed by atoms with Gasteiger partial charge in [0.1, 0.15) is 6.26 Å². The van der Waals surface area contributed by atoms with Gasteiger partial charge in [-0.3, -0.25) is 9.59 Å². The molecule has 1 aromatic carbocycles. The maximum absolute atomic E-state index is 12.6. The molecule has 2 heterocycles. The fourth-order valence-corrected chi connectivity index (χ4v) is 3.32. The summed E-state index contributed by atoms with van der Waals surface area (Å²) in [7, 11) is 0. The van der Waals surface area contributed by atoms with Crippen molar-refractivity contribution >= 4 is 23.5 Å². The van der Waals surface area contributed by atoms with Crippen LogP contribution in [0.2, 0.25) is 5.02 Å². The predicted octanol–water partition coefficient (Wildman–Crippen LogP) is 3.25. The first-order valence-electron chi connectivity index (χ1n) is 8.18. The largest absolute Gasteiger partial charge is 0.481 e. The number of carboxylic acid groups (broad SMARTS) is 1. The van der Waals surface area contributed by atoms with Gasteiger partial charge in [0.25, 0.3) is 0 Å². The molecule has 132 valence electrons. The van der Waals surface area contributed by atoms with E-state index in [4.69, 9.17) is 16.0 Å². The van der Waals surface area contributed by atoms with Crippen LogP contribution in [-0.4, -0.2) is 39.5 Å². The van der Waals surface area contributed by atoms with E-state index < -0.39 is 11.9 Å². The molecule has 1 saturated heterocycles. The summed E-state index contributed by atoms with van der Waals surface area (Å²) in [4.78, 5) is 29.9. The molecule has 1 aliphatic heterocycles. The van der Waals surface area contributed by atoms with Crippen LogP contribution in [0.25, 0.3) is 11.5 Å². The van der Waals surface area contributed by atoms with Crippen molar-refractivity contribution in [2.24, 2.45) is 5.92 Å². The number of nitrogens with zero attached hydrogens (tertiary/aromatic N) is 2. The maximum atomic E-state index is 12.6. The van der Waals surface area contributed by atoms with Crippen LogP contribution >= 0.6 is 11.6 Å². The van der Waals surface area contributed by atoms with Gasteiger partial charge in [-0.25, -0.2) is 4.98 Å². The molecular formula is C18H19ClN2O4. The van der Waals surface area contributed by atoms with Crippen molar-refractivity contribution in [2.45, 2.75) is 32.2 Å². The summed E-state index contributed by atoms with van der Waals surface area (Å²) >= 11 is 5.86. The molecule has 0 saturated carbocycles. The molecule has 0 unspecified atom stereocenters. The first-order chi connectivity index (χ1) is 12.0. The summed E-state index contributed by atoms with van der Waals surface area (Å²) in [6, 6.07) is 6.76. The third kappa shape index (κ3) is 3.85. The van der Waals surface area contributed by atoms with E-state index in [0.717, 1.165) is 5.56 Å². The van der Waals surface area contributed by atoms with Crippen LogP contribution in [0, 0.1) is 5.92 Å². The van der Waals surface area contributed by atoms with Gasteiger partial charge in [-0.1, -0.05) is 11.6 Å². The zero-order valence-corrected chi connectivity index (χ0v) is 14.6. The summed E-state index contributed by atoms with van der Waals surface area (Å²) in [5.41, 5.74) is 1.31. The Kier molecular flexibility index (Phi) is 5.08. The van der Waals surface area contributed by atoms with E-state index in [9.17, 15) is 14.7 Å². The zero-order valence-electron chi connectivity index (χ0n) is 13.8. The molecular weight excluding hydrogens is 344 g/mol. The number of oxazole rings is 1. The van der Waals surface area contributed by atoms with Gasteiger partial charge >= 0.3 is 5.97 Å². The lowest BCUT2D eigenvalue weighted by Gasteiger charge is -2.37. The Hall–Kier alpha value is -2.34. The Labute approximate surface area is 150 Å². The topological polar surface area (TPSA) is 83.6 Å². The number of aromatic nitrogens is 1. The highest BCUT2D eigenvalue weighted by atomic mass is 35.5. The molecule has 1 amide bonds. The molecule has 0 aliphatic carbocycles. The molecule has 3 rings (SSSR count). The third-order valence-corrected chi connectivity index (χ3v) is 4.85. The first-order valence-corrected chi connectivity index (χ1v) is 8.56. The van der Waals surface area contributed by atoms with Crippen molar-refractivity contribution in [3.63, 3.8) is 0 Å². The van der Waals surface area contributed by atoms with Crippen molar-refractivity contribution in [1.82, 2.24) is 9.88 Å². The Balaban J connectivity index is 1.69. The second-order valence-corrected chi connectivity index (χ2v) is 6.68. The lowest BCUT2D eigenvalue weighted by molar-refractivity contribution is -0.148. The minimum Gasteiger partial charge on any atom is -0.481 e. The highest BCUT2D eigenvalue weighted by Crippen LogP contribution is 2.25. The second kappa shape index (κ2) is 7.27. The van der Waals surface area contributed by atoms with Crippen molar-refractivity contribution in [3.8, 4) is 11.5 Å². The third-order valence-electron chi connectivity index (χ3n) is 4.60. The molecule has 0 radical (unpaired) electrons. The van der Waals surface area contributed by atoms with E-state index in [1.165, 1.54) is 6.26 Å². The van der Waals surface area contributed by atoms with E-state index in [0.29, 0.717) is 36.0 Å². The van der Waals surface area contributed by atoms with Crippen molar-refractivity contribution < 1.29 is 19.1 Å². The molecule has 0 bridgehead atoms. The molecule has 25 heavy (non-hydrogen) atoms. The van der Waals surface area contributed by atoms with E-state index in [2.05, 4.69) is 4.98 Å². The summed E-state index contributed by atoms with van der Waals surface area (Å²) in [5, 5.41) is 9.90. The molecule has 6 nitrogen and oxygen atoms in total. The van der Waals surface area contributed by atoms with Crippen LogP contribution in [0.5, 0.6) is 0 Å². The number of carbonyl (C=O) groups excluding carboxylic acids is 1. The lowest BCUT2D eigenvalue weighted by Crippen LogP contribution is -2.49. The summed E-state index contributed by atoms with van der Waals surface area (Å²) < 4.78 is 5.45. The van der Waals surface area contributed by atoms with Crippen LogP contribution in [0.3, 0.4) is 0 Å². The van der Waals surface area contributed by atoms with Crippen LogP contribution in [-0.2, 0) is 16.0 Å². The van der Waals surface area contributed by atoms with Crippen LogP contribution in [0.4, 0.5) is 0 Å². The number of carbonyl (C=O) groups is 2. The number of halogens is 1. The van der Waals surface area contributed by atoms with Crippen molar-refractivity contribution in [3.05, 3.63) is 41.2 Å². The monoisotopic (exact) mass is 362 g/mol. The number of amides is 1. The molecule has 0 spiro atoms. The molecule has 7 heteroatoms. The van der Waals surface area contributed by atoms with Crippen molar-refractivity contribution in [1.29, 1.82) is 0 Å². The predicted molar refractivity (Wildman–Crippen MR) is 92.2 cm³/mol. The molecule has 1 fully saturated rings. The number of rotatable bonds is 4. The number of aliphatic carboxylic acids is 1. The average molecular weight is 363 g/mol. The smallest absolute Gasteiger partial charge is 0.308 e. The minimum atomic E-state index is -0.850. The number of likely N-dealkylation sites (tertiary alicyclic amines) is 1. The maximum Gasteiger partial charge on any atom is 0.308 e. The number of piperidine rings is 1. The SMILES string of the molecule is C[C@@H]1[C@H](C(=O)O)CCCN1C(=O)Cc1coc(-c2ccc(Cl)cc2)n1. The van der Waals surface area contributed by atoms with E-state index in [1.54, 1.807) is 36.1 Å². The van der Waals surface area contributed by atoms with Gasteiger partial charge in [-0.15, -0.1) is 0 Å². The summed E-state index contributed by atoms with van der Waals surface area (Å²) in [6.07, 6.45) is 2.85. The molecule has 1 aromatic heterocycles. The normalized spacial score (nSPS) is 20.5. The van der Waals surface area contributed by atoms with Crippen LogP contribution in [0.15, 0.2) is 34.9 Å². The van der Waals surface area contributed by atoms with Gasteiger partial charge < -0.3 is 14.4 Å². The van der Waals surface area contributed by atoms with Gasteiger partial charge in [0, 0.05) is 23.2 Å². The highest BCUT2D eigenvalue weighted by molar-refractivity contribution is 6.30. The minimum absolute atomic E-state index is 0.0910. The van der Waals surface area contributed by atoms with Gasteiger partial charge in [0.05, 0.1) is 18.0 Å². The fraction of sp³-hybridized carbons (Fsp3) is 0.389. The first kappa shape index (κ1) is 17.5. The van der Waals surface area contributed by atoms with Gasteiger partial charge in [0.2, 0.25) is 11.8 Å². The average Bonchev–Trinajstić information content (AvgIpc) is 3.03. The van der Waals surface area contributed by atoms with Crippen LogP contribution in [0.1, 0.15) is 25.5 Å². The van der Waals surface area contributed by atoms with Gasteiger partial charge in [0.15, 0.2) is 0 Å². The lowest BCUT2D eigenvalue weighted by atomic mass is 9.90. The molecule has 2 atom stereocenters. The van der Waals surface area contributed by atoms with E-state index >= 15 is 0 Å². The quantitative estimate of drug-likeness (QED) is 0.902. The Bertz CT molecular complexity index is 772. The van der Waals surface area contributed by atoms with Crippen molar-refractivity contribution in [2.75, 3.05) is 6.54 Å². The van der Waals surface area contributed by atoms with E-state index in [1.807, 2.05) is 0 Å². The highest BCUT2D eigenvalue weighted by Gasteiger charge is 2.35. The molecule has 2 aromatic rings. The zero-order chi connectivity index (χ0) is 18.0. The standard InChI is InChI=1S/C18H19ClN2O4/c1-11-15(18(23)24)3-2-8-21(11)16(22)9-14-10-25-17(20-14)12-4-6-13(19)7-5-12/h4-7,10-11,15H,2-3,8-9H2,1H3,(H,23,24)/t11-,15-/m1/s1. The number of carboxylic acids is 1. The Morgan fingerprint density at radius 2 is 2.08 bits per heavy atom. The molecule has 1 aliphatic rings. The Morgan fingerprint density at radius 3 is 2.76 bits per heavy atom. The number of hydrogen-bond donors (Lipinski definition) is 1. The fourth-order valence-electron chi connectivity index (χ4n) is 3.19. The number of benzene rings is 1. The van der Waals surface area contributed by atoms with Gasteiger partial charge in [-0.05, 0) is 44.0 Å². The molecule has 1 N–H and O–H groups in total.